The maximum Gasteiger partial charge on any atom is 0.294 e. The average Bonchev–Trinajstić information content (AvgIpc) is 2.77. The first-order valence-corrected chi connectivity index (χ1v) is 11.7. The summed E-state index contributed by atoms with van der Waals surface area (Å²) in [5.74, 6) is 0.113. The van der Waals surface area contributed by atoms with E-state index in [-0.39, 0.29) is 51.7 Å². The molecule has 0 spiro atoms. The first kappa shape index (κ1) is 22.4. The van der Waals surface area contributed by atoms with Crippen LogP contribution in [0.1, 0.15) is 15.9 Å². The summed E-state index contributed by atoms with van der Waals surface area (Å²) in [6.45, 7) is 0.634. The van der Waals surface area contributed by atoms with Crippen molar-refractivity contribution in [2.75, 3.05) is 18.1 Å². The van der Waals surface area contributed by atoms with Gasteiger partial charge in [-0.05, 0) is 35.9 Å². The molecule has 1 aliphatic rings. The van der Waals surface area contributed by atoms with Crippen LogP contribution in [0.3, 0.4) is 0 Å². The molecule has 32 heavy (non-hydrogen) atoms. The number of amides is 1. The Morgan fingerprint density at radius 1 is 1.06 bits per heavy atom. The lowest BCUT2D eigenvalue weighted by Gasteiger charge is -2.30. The van der Waals surface area contributed by atoms with Crippen molar-refractivity contribution in [2.45, 2.75) is 11.5 Å². The molecule has 0 unspecified atom stereocenters. The van der Waals surface area contributed by atoms with E-state index in [0.29, 0.717) is 5.75 Å². The van der Waals surface area contributed by atoms with Crippen LogP contribution < -0.4 is 14.4 Å². The molecule has 1 N–H and O–H groups in total. The van der Waals surface area contributed by atoms with Crippen LogP contribution in [-0.2, 0) is 16.7 Å². The van der Waals surface area contributed by atoms with Gasteiger partial charge in [0.15, 0.2) is 5.75 Å². The summed E-state index contributed by atoms with van der Waals surface area (Å²) in [5.41, 5.74) is 1.34. The molecule has 0 aromatic heterocycles. The minimum Gasteiger partial charge on any atom is -0.490 e. The topological polar surface area (TPSA) is 93.1 Å². The molecule has 0 saturated carbocycles. The van der Waals surface area contributed by atoms with Crippen LogP contribution in [0.2, 0.25) is 10.0 Å². The normalized spacial score (nSPS) is 13.3. The van der Waals surface area contributed by atoms with Crippen LogP contribution in [0.15, 0.2) is 65.6 Å². The Morgan fingerprint density at radius 3 is 2.41 bits per heavy atom. The fourth-order valence-corrected chi connectivity index (χ4v) is 4.37. The zero-order valence-electron chi connectivity index (χ0n) is 16.5. The van der Waals surface area contributed by atoms with Gasteiger partial charge in [-0.1, -0.05) is 53.5 Å². The Balaban J connectivity index is 1.62. The third kappa shape index (κ3) is 4.68. The number of carbonyl (C=O) groups excluding carboxylic acids is 1. The number of rotatable bonds is 5. The molecular weight excluding hydrogens is 477 g/mol. The van der Waals surface area contributed by atoms with Gasteiger partial charge >= 0.3 is 0 Å². The molecule has 0 aliphatic carbocycles. The molecule has 0 saturated heterocycles. The second-order valence-corrected chi connectivity index (χ2v) is 9.19. The molecule has 1 heterocycles. The van der Waals surface area contributed by atoms with E-state index in [4.69, 9.17) is 32.7 Å². The first-order valence-electron chi connectivity index (χ1n) is 9.46. The lowest BCUT2D eigenvalue weighted by Crippen LogP contribution is -2.38. The van der Waals surface area contributed by atoms with Crippen molar-refractivity contribution < 1.29 is 27.2 Å². The minimum absolute atomic E-state index is 0.164. The number of benzene rings is 3. The molecule has 1 amide bonds. The van der Waals surface area contributed by atoms with Gasteiger partial charge in [0, 0.05) is 5.56 Å². The van der Waals surface area contributed by atoms with E-state index in [1.165, 1.54) is 35.2 Å². The zero-order valence-corrected chi connectivity index (χ0v) is 18.8. The van der Waals surface area contributed by atoms with Crippen molar-refractivity contribution in [1.29, 1.82) is 0 Å². The number of anilines is 1. The lowest BCUT2D eigenvalue weighted by molar-refractivity contribution is 0.0976. The van der Waals surface area contributed by atoms with Crippen molar-refractivity contribution in [3.8, 4) is 11.5 Å². The van der Waals surface area contributed by atoms with E-state index in [0.717, 1.165) is 5.56 Å². The molecule has 4 rings (SSSR count). The fraction of sp³-hybridized carbons (Fsp3) is 0.136. The van der Waals surface area contributed by atoms with Gasteiger partial charge < -0.3 is 14.4 Å². The van der Waals surface area contributed by atoms with E-state index >= 15 is 0 Å². The highest BCUT2D eigenvalue weighted by Gasteiger charge is 2.28. The van der Waals surface area contributed by atoms with Crippen LogP contribution in [0.25, 0.3) is 0 Å². The predicted molar refractivity (Wildman–Crippen MR) is 121 cm³/mol. The van der Waals surface area contributed by atoms with Crippen molar-refractivity contribution in [3.63, 3.8) is 0 Å². The molecular formula is C22H17Cl2NO6S. The molecule has 7 nitrogen and oxygen atoms in total. The Morgan fingerprint density at radius 2 is 1.75 bits per heavy atom. The highest BCUT2D eigenvalue weighted by Crippen LogP contribution is 2.38. The molecule has 10 heteroatoms. The number of carbonyl (C=O) groups is 1. The number of halogens is 2. The van der Waals surface area contributed by atoms with Gasteiger partial charge in [0.25, 0.3) is 16.0 Å². The van der Waals surface area contributed by atoms with Gasteiger partial charge in [-0.15, -0.1) is 0 Å². The Labute approximate surface area is 194 Å². The summed E-state index contributed by atoms with van der Waals surface area (Å²) < 4.78 is 43.6. The van der Waals surface area contributed by atoms with E-state index in [1.807, 2.05) is 30.3 Å². The second-order valence-electron chi connectivity index (χ2n) is 6.95. The van der Waals surface area contributed by atoms with Crippen molar-refractivity contribution >= 4 is 44.9 Å². The Hall–Kier alpha value is -2.78. The standard InChI is InChI=1S/C22H17Cl2NO6S/c23-17-10-15(11-18(24)21(17)31-13-14-4-2-1-3-5-14)22(26)25-8-9-30-20-7-6-16(12-19(20)25)32(27,28)29/h1-7,10-12H,8-9,13H2,(H,27,28,29). The molecule has 0 atom stereocenters. The third-order valence-corrected chi connectivity index (χ3v) is 6.22. The number of hydrogen-bond donors (Lipinski definition) is 1. The molecule has 3 aromatic rings. The van der Waals surface area contributed by atoms with Crippen LogP contribution in [0, 0.1) is 0 Å². The summed E-state index contributed by atoms with van der Waals surface area (Å²) in [7, 11) is -4.45. The van der Waals surface area contributed by atoms with Gasteiger partial charge in [-0.2, -0.15) is 8.42 Å². The SMILES string of the molecule is O=C(c1cc(Cl)c(OCc2ccccc2)c(Cl)c1)N1CCOc2ccc(S(=O)(=O)O)cc21. The molecule has 0 bridgehead atoms. The monoisotopic (exact) mass is 493 g/mol. The number of hydrogen-bond acceptors (Lipinski definition) is 5. The highest BCUT2D eigenvalue weighted by molar-refractivity contribution is 7.85. The molecule has 3 aromatic carbocycles. The molecule has 0 fully saturated rings. The molecule has 1 aliphatic heterocycles. The largest absolute Gasteiger partial charge is 0.490 e. The lowest BCUT2D eigenvalue weighted by atomic mass is 10.1. The minimum atomic E-state index is -4.45. The summed E-state index contributed by atoms with van der Waals surface area (Å²) in [6.07, 6.45) is 0. The van der Waals surface area contributed by atoms with Gasteiger partial charge in [-0.25, -0.2) is 0 Å². The molecule has 166 valence electrons. The predicted octanol–water partition coefficient (Wildman–Crippen LogP) is 4.86. The second kappa shape index (κ2) is 8.99. The first-order chi connectivity index (χ1) is 15.2. The van der Waals surface area contributed by atoms with Crippen LogP contribution >= 0.6 is 23.2 Å². The highest BCUT2D eigenvalue weighted by atomic mass is 35.5. The third-order valence-electron chi connectivity index (χ3n) is 4.81. The van der Waals surface area contributed by atoms with Crippen LogP contribution in [-0.4, -0.2) is 32.0 Å². The summed E-state index contributed by atoms with van der Waals surface area (Å²) in [4.78, 5) is 14.2. The van der Waals surface area contributed by atoms with Gasteiger partial charge in [0.1, 0.15) is 19.0 Å². The van der Waals surface area contributed by atoms with Gasteiger partial charge in [0.05, 0.1) is 27.2 Å². The molecule has 0 radical (unpaired) electrons. The number of nitrogens with zero attached hydrogens (tertiary/aromatic N) is 1. The number of ether oxygens (including phenoxy) is 2. The van der Waals surface area contributed by atoms with E-state index in [1.54, 1.807) is 0 Å². The van der Waals surface area contributed by atoms with Crippen molar-refractivity contribution in [1.82, 2.24) is 0 Å². The van der Waals surface area contributed by atoms with Gasteiger partial charge in [0.2, 0.25) is 0 Å². The summed E-state index contributed by atoms with van der Waals surface area (Å²) in [5, 5.41) is 0.328. The smallest absolute Gasteiger partial charge is 0.294 e. The number of fused-ring (bicyclic) bond motifs is 1. The maximum absolute atomic E-state index is 13.2. The van der Waals surface area contributed by atoms with Crippen LogP contribution in [0.5, 0.6) is 11.5 Å². The van der Waals surface area contributed by atoms with Gasteiger partial charge in [-0.3, -0.25) is 9.35 Å². The summed E-state index contributed by atoms with van der Waals surface area (Å²) >= 11 is 12.7. The Kier molecular flexibility index (Phi) is 6.30. The zero-order chi connectivity index (χ0) is 22.9. The average molecular weight is 494 g/mol. The van der Waals surface area contributed by atoms with E-state index in [2.05, 4.69) is 0 Å². The quantitative estimate of drug-likeness (QED) is 0.510. The summed E-state index contributed by atoms with van der Waals surface area (Å²) in [6, 6.07) is 16.1. The van der Waals surface area contributed by atoms with Crippen molar-refractivity contribution in [2.24, 2.45) is 0 Å². The van der Waals surface area contributed by atoms with E-state index in [9.17, 15) is 17.8 Å². The van der Waals surface area contributed by atoms with Crippen LogP contribution in [0.4, 0.5) is 5.69 Å². The van der Waals surface area contributed by atoms with Crippen molar-refractivity contribution in [3.05, 3.63) is 81.8 Å². The van der Waals surface area contributed by atoms with E-state index < -0.39 is 16.0 Å². The maximum atomic E-state index is 13.2. The fourth-order valence-electron chi connectivity index (χ4n) is 3.28. The Bertz CT molecular complexity index is 1260.